The van der Waals surface area contributed by atoms with Gasteiger partial charge in [-0.25, -0.2) is 4.79 Å². The lowest BCUT2D eigenvalue weighted by atomic mass is 9.94. The Kier molecular flexibility index (Phi) is 8.66. The molecule has 0 aliphatic heterocycles. The maximum Gasteiger partial charge on any atom is 0.326 e. The van der Waals surface area contributed by atoms with Gasteiger partial charge in [0.05, 0.1) is 16.6 Å². The van der Waals surface area contributed by atoms with Crippen molar-refractivity contribution in [2.45, 2.75) is 69.2 Å². The Morgan fingerprint density at radius 2 is 1.79 bits per heavy atom. The molecule has 1 aliphatic rings. The zero-order chi connectivity index (χ0) is 24.7. The molecule has 2 atom stereocenters. The maximum absolute atomic E-state index is 13.3. The summed E-state index contributed by atoms with van der Waals surface area (Å²) in [5, 5.41) is 14.8. The van der Waals surface area contributed by atoms with E-state index in [1.807, 2.05) is 32.0 Å². The Labute approximate surface area is 205 Å². The van der Waals surface area contributed by atoms with E-state index in [-0.39, 0.29) is 18.2 Å². The largest absolute Gasteiger partial charge is 0.480 e. The summed E-state index contributed by atoms with van der Waals surface area (Å²) in [7, 11) is 0. The molecule has 2 unspecified atom stereocenters. The van der Waals surface area contributed by atoms with Crippen LogP contribution in [-0.2, 0) is 20.8 Å². The van der Waals surface area contributed by atoms with Crippen molar-refractivity contribution in [3.63, 3.8) is 0 Å². The Morgan fingerprint density at radius 3 is 2.35 bits per heavy atom. The molecule has 0 radical (unpaired) electrons. The van der Waals surface area contributed by atoms with Gasteiger partial charge in [-0.15, -0.1) is 0 Å². The van der Waals surface area contributed by atoms with Crippen LogP contribution in [0.1, 0.15) is 51.5 Å². The fourth-order valence-electron chi connectivity index (χ4n) is 4.20. The first-order chi connectivity index (χ1) is 16.2. The molecule has 2 aromatic heterocycles. The lowest BCUT2D eigenvalue weighted by Gasteiger charge is -2.31. The fourth-order valence-corrected chi connectivity index (χ4v) is 4.69. The lowest BCUT2D eigenvalue weighted by molar-refractivity contribution is -0.143. The van der Waals surface area contributed by atoms with E-state index in [9.17, 15) is 19.5 Å². The molecule has 2 amide bonds. The van der Waals surface area contributed by atoms with Crippen LogP contribution in [0.3, 0.4) is 0 Å². The maximum atomic E-state index is 13.3. The second-order valence-corrected chi connectivity index (χ2v) is 9.88. The number of pyridine rings is 2. The van der Waals surface area contributed by atoms with Gasteiger partial charge in [-0.3, -0.25) is 19.6 Å². The number of nitrogens with zero attached hydrogens (tertiary/aromatic N) is 2. The van der Waals surface area contributed by atoms with Gasteiger partial charge in [0.2, 0.25) is 11.8 Å². The van der Waals surface area contributed by atoms with Gasteiger partial charge in [-0.2, -0.15) is 12.6 Å². The van der Waals surface area contributed by atoms with Crippen molar-refractivity contribution in [1.29, 1.82) is 0 Å². The second kappa shape index (κ2) is 11.5. The number of aromatic nitrogens is 2. The quantitative estimate of drug-likeness (QED) is 0.385. The van der Waals surface area contributed by atoms with E-state index in [4.69, 9.17) is 0 Å². The lowest BCUT2D eigenvalue weighted by Crippen LogP contribution is -2.61. The number of rotatable bonds is 10. The minimum Gasteiger partial charge on any atom is -0.480 e. The normalized spacial score (nSPS) is 16.6. The van der Waals surface area contributed by atoms with Crippen molar-refractivity contribution in [3.8, 4) is 11.4 Å². The highest BCUT2D eigenvalue weighted by Crippen LogP contribution is 2.31. The molecule has 0 bridgehead atoms. The van der Waals surface area contributed by atoms with Crippen LogP contribution in [0.2, 0.25) is 0 Å². The van der Waals surface area contributed by atoms with Gasteiger partial charge in [-0.1, -0.05) is 38.8 Å². The van der Waals surface area contributed by atoms with Crippen molar-refractivity contribution >= 4 is 30.4 Å². The van der Waals surface area contributed by atoms with Gasteiger partial charge >= 0.3 is 5.97 Å². The van der Waals surface area contributed by atoms with Gasteiger partial charge in [0.1, 0.15) is 11.6 Å². The number of thiol groups is 1. The summed E-state index contributed by atoms with van der Waals surface area (Å²) >= 11 is 4.40. The minimum absolute atomic E-state index is 0.0726. The number of carbonyl (C=O) groups excluding carboxylic acids is 2. The van der Waals surface area contributed by atoms with Crippen LogP contribution in [0, 0.1) is 5.92 Å². The summed E-state index contributed by atoms with van der Waals surface area (Å²) in [5.41, 5.74) is 0.958. The van der Waals surface area contributed by atoms with Crippen molar-refractivity contribution < 1.29 is 19.5 Å². The van der Waals surface area contributed by atoms with E-state index >= 15 is 0 Å². The van der Waals surface area contributed by atoms with E-state index in [2.05, 4.69) is 33.2 Å². The highest BCUT2D eigenvalue weighted by molar-refractivity contribution is 7.81. The predicted molar refractivity (Wildman–Crippen MR) is 132 cm³/mol. The summed E-state index contributed by atoms with van der Waals surface area (Å²) < 4.78 is 0. The number of amides is 2. The van der Waals surface area contributed by atoms with Gasteiger partial charge in [0.15, 0.2) is 0 Å². The number of nitrogens with one attached hydrogen (secondary N) is 2. The average molecular weight is 485 g/mol. The topological polar surface area (TPSA) is 121 Å². The number of aliphatic carboxylic acids is 1. The Morgan fingerprint density at radius 1 is 1.09 bits per heavy atom. The van der Waals surface area contributed by atoms with Crippen molar-refractivity contribution in [3.05, 3.63) is 48.3 Å². The molecule has 34 heavy (non-hydrogen) atoms. The van der Waals surface area contributed by atoms with Crippen molar-refractivity contribution in [2.75, 3.05) is 0 Å². The Bertz CT molecular complexity index is 992. The zero-order valence-electron chi connectivity index (χ0n) is 19.5. The van der Waals surface area contributed by atoms with Gasteiger partial charge in [-0.05, 0) is 48.9 Å². The SMILES string of the molecule is CC(C)CC(S)C(=O)NC1(C(=O)NC(Cc2ccc(-c3ccccn3)nc2)C(=O)O)CCCC1. The standard InChI is InChI=1S/C25H32N4O4S/c1-16(2)13-21(34)22(30)29-25(10-4-5-11-25)24(33)28-20(23(31)32)14-17-8-9-19(27-15-17)18-7-3-6-12-26-18/h3,6-9,12,15-16,20-21,34H,4-5,10-11,13-14H2,1-2H3,(H,28,33)(H,29,30)(H,31,32). The zero-order valence-corrected chi connectivity index (χ0v) is 20.4. The molecular formula is C25H32N4O4S. The van der Waals surface area contributed by atoms with Crippen LogP contribution in [-0.4, -0.2) is 49.7 Å². The van der Waals surface area contributed by atoms with Crippen LogP contribution < -0.4 is 10.6 Å². The third-order valence-corrected chi connectivity index (χ3v) is 6.49. The first-order valence-electron chi connectivity index (χ1n) is 11.6. The molecule has 8 nitrogen and oxygen atoms in total. The molecule has 0 saturated heterocycles. The minimum atomic E-state index is -1.15. The van der Waals surface area contributed by atoms with Crippen molar-refractivity contribution in [2.24, 2.45) is 5.92 Å². The van der Waals surface area contributed by atoms with E-state index in [0.717, 1.165) is 18.5 Å². The summed E-state index contributed by atoms with van der Waals surface area (Å²) in [6.07, 6.45) is 6.44. The van der Waals surface area contributed by atoms with Gasteiger partial charge < -0.3 is 15.7 Å². The number of carboxylic acid groups (broad SMARTS) is 1. The third kappa shape index (κ3) is 6.56. The highest BCUT2D eigenvalue weighted by Gasteiger charge is 2.44. The number of hydrogen-bond donors (Lipinski definition) is 4. The smallest absolute Gasteiger partial charge is 0.326 e. The molecule has 2 aromatic rings. The van der Waals surface area contributed by atoms with E-state index in [0.29, 0.717) is 30.5 Å². The monoisotopic (exact) mass is 484 g/mol. The molecular weight excluding hydrogens is 452 g/mol. The van der Waals surface area contributed by atoms with Crippen LogP contribution in [0.4, 0.5) is 0 Å². The molecule has 0 spiro atoms. The number of hydrogen-bond acceptors (Lipinski definition) is 6. The van der Waals surface area contributed by atoms with Crippen LogP contribution in [0.5, 0.6) is 0 Å². The van der Waals surface area contributed by atoms with Gasteiger partial charge in [0.25, 0.3) is 0 Å². The van der Waals surface area contributed by atoms with Gasteiger partial charge in [0, 0.05) is 18.8 Å². The summed E-state index contributed by atoms with van der Waals surface area (Å²) in [6, 6.07) is 7.94. The highest BCUT2D eigenvalue weighted by atomic mass is 32.1. The Balaban J connectivity index is 1.69. The molecule has 9 heteroatoms. The van der Waals surface area contributed by atoms with Crippen LogP contribution >= 0.6 is 12.6 Å². The van der Waals surface area contributed by atoms with Crippen LogP contribution in [0.25, 0.3) is 11.4 Å². The average Bonchev–Trinajstić information content (AvgIpc) is 3.29. The van der Waals surface area contributed by atoms with Crippen LogP contribution in [0.15, 0.2) is 42.7 Å². The molecule has 0 aromatic carbocycles. The number of carbonyl (C=O) groups is 3. The van der Waals surface area contributed by atoms with E-state index in [1.54, 1.807) is 24.5 Å². The van der Waals surface area contributed by atoms with E-state index in [1.165, 1.54) is 0 Å². The van der Waals surface area contributed by atoms with E-state index < -0.39 is 28.7 Å². The molecule has 3 N–H and O–H groups in total. The molecule has 2 heterocycles. The molecule has 3 rings (SSSR count). The first kappa shape index (κ1) is 25.7. The predicted octanol–water partition coefficient (Wildman–Crippen LogP) is 3.03. The third-order valence-electron chi connectivity index (χ3n) is 6.05. The molecule has 182 valence electrons. The molecule has 1 fully saturated rings. The summed E-state index contributed by atoms with van der Waals surface area (Å²) in [5.74, 6) is -1.62. The summed E-state index contributed by atoms with van der Waals surface area (Å²) in [4.78, 5) is 46.6. The second-order valence-electron chi connectivity index (χ2n) is 9.26. The van der Waals surface area contributed by atoms with Crippen molar-refractivity contribution in [1.82, 2.24) is 20.6 Å². The molecule has 1 saturated carbocycles. The summed E-state index contributed by atoms with van der Waals surface area (Å²) in [6.45, 7) is 4.01. The number of carboxylic acids is 1. The fraction of sp³-hybridized carbons (Fsp3) is 0.480. The first-order valence-corrected chi connectivity index (χ1v) is 12.1. The molecule has 1 aliphatic carbocycles. The Hall–Kier alpha value is -2.94.